The van der Waals surface area contributed by atoms with E-state index in [1.165, 1.54) is 9.75 Å². The topological polar surface area (TPSA) is 21.1 Å². The molecule has 3 nitrogen and oxygen atoms in total. The largest absolute Gasteiger partial charge is 0.337 e. The van der Waals surface area contributed by atoms with Crippen LogP contribution in [0.1, 0.15) is 21.7 Å². The standard InChI is InChI=1S/C19H21F2N3S/c1-15-6-7-17(25-15)13-24(10-3-9-23-11-8-22-14-23)12-16-4-2-5-18(20)19(16)21/h2,4-8,11,14H,3,9-10,12-13H2,1H3. The quantitative estimate of drug-likeness (QED) is 0.584. The first-order valence-electron chi connectivity index (χ1n) is 8.28. The minimum absolute atomic E-state index is 0.393. The molecule has 1 aromatic carbocycles. The molecule has 0 bridgehead atoms. The van der Waals surface area contributed by atoms with Crippen molar-refractivity contribution in [3.63, 3.8) is 0 Å². The van der Waals surface area contributed by atoms with Crippen LogP contribution in [0.5, 0.6) is 0 Å². The molecule has 3 rings (SSSR count). The lowest BCUT2D eigenvalue weighted by atomic mass is 10.2. The third kappa shape index (κ3) is 4.96. The monoisotopic (exact) mass is 361 g/mol. The number of halogens is 2. The molecule has 2 heterocycles. The van der Waals surface area contributed by atoms with E-state index >= 15 is 0 Å². The molecular formula is C19H21F2N3S. The van der Waals surface area contributed by atoms with Crippen molar-refractivity contribution in [2.75, 3.05) is 6.54 Å². The Hall–Kier alpha value is -2.05. The van der Waals surface area contributed by atoms with Gasteiger partial charge < -0.3 is 4.57 Å². The van der Waals surface area contributed by atoms with E-state index in [1.807, 2.05) is 10.8 Å². The highest BCUT2D eigenvalue weighted by atomic mass is 32.1. The molecule has 0 spiro atoms. The van der Waals surface area contributed by atoms with E-state index in [2.05, 4.69) is 28.9 Å². The van der Waals surface area contributed by atoms with E-state index in [-0.39, 0.29) is 0 Å². The molecule has 0 saturated carbocycles. The number of benzene rings is 1. The van der Waals surface area contributed by atoms with Gasteiger partial charge in [0.05, 0.1) is 6.33 Å². The van der Waals surface area contributed by atoms with Crippen LogP contribution in [0, 0.1) is 18.6 Å². The van der Waals surface area contributed by atoms with Gasteiger partial charge in [0, 0.05) is 53.9 Å². The number of aryl methyl sites for hydroxylation is 2. The molecule has 0 aliphatic rings. The van der Waals surface area contributed by atoms with E-state index in [0.29, 0.717) is 12.1 Å². The van der Waals surface area contributed by atoms with Crippen LogP contribution < -0.4 is 0 Å². The molecule has 0 fully saturated rings. The molecule has 0 atom stereocenters. The normalized spacial score (nSPS) is 11.4. The minimum Gasteiger partial charge on any atom is -0.337 e. The lowest BCUT2D eigenvalue weighted by Gasteiger charge is -2.22. The van der Waals surface area contributed by atoms with E-state index in [0.717, 1.165) is 32.1 Å². The first-order chi connectivity index (χ1) is 12.1. The van der Waals surface area contributed by atoms with Crippen LogP contribution in [0.4, 0.5) is 8.78 Å². The van der Waals surface area contributed by atoms with Crippen LogP contribution in [0.15, 0.2) is 49.1 Å². The fourth-order valence-electron chi connectivity index (χ4n) is 2.81. The number of imidazole rings is 1. The van der Waals surface area contributed by atoms with Gasteiger partial charge >= 0.3 is 0 Å². The number of hydrogen-bond acceptors (Lipinski definition) is 3. The van der Waals surface area contributed by atoms with Crippen molar-refractivity contribution >= 4 is 11.3 Å². The molecule has 0 amide bonds. The van der Waals surface area contributed by atoms with E-state index in [9.17, 15) is 8.78 Å². The zero-order valence-electron chi connectivity index (χ0n) is 14.2. The Labute approximate surface area is 150 Å². The second-order valence-electron chi connectivity index (χ2n) is 6.09. The first-order valence-corrected chi connectivity index (χ1v) is 9.10. The van der Waals surface area contributed by atoms with Gasteiger partial charge in [0.15, 0.2) is 11.6 Å². The summed E-state index contributed by atoms with van der Waals surface area (Å²) in [6, 6.07) is 8.57. The Bertz CT molecular complexity index is 799. The molecule has 0 aliphatic carbocycles. The summed E-state index contributed by atoms with van der Waals surface area (Å²) in [6.45, 7) is 4.85. The summed E-state index contributed by atoms with van der Waals surface area (Å²) >= 11 is 1.74. The Balaban J connectivity index is 1.67. The van der Waals surface area contributed by atoms with Crippen molar-refractivity contribution in [3.8, 4) is 0 Å². The van der Waals surface area contributed by atoms with Gasteiger partial charge in [0.2, 0.25) is 0 Å². The lowest BCUT2D eigenvalue weighted by molar-refractivity contribution is 0.246. The van der Waals surface area contributed by atoms with Crippen molar-refractivity contribution < 1.29 is 8.78 Å². The smallest absolute Gasteiger partial charge is 0.163 e. The van der Waals surface area contributed by atoms with Gasteiger partial charge in [-0.05, 0) is 31.5 Å². The van der Waals surface area contributed by atoms with Gasteiger partial charge in [-0.3, -0.25) is 4.90 Å². The Kier molecular flexibility index (Phi) is 5.94. The zero-order chi connectivity index (χ0) is 17.6. The van der Waals surface area contributed by atoms with Crippen LogP contribution >= 0.6 is 11.3 Å². The van der Waals surface area contributed by atoms with Crippen molar-refractivity contribution in [1.82, 2.24) is 14.5 Å². The fourth-order valence-corrected chi connectivity index (χ4v) is 3.74. The third-order valence-corrected chi connectivity index (χ3v) is 5.04. The van der Waals surface area contributed by atoms with Crippen molar-refractivity contribution in [2.24, 2.45) is 0 Å². The molecule has 3 aromatic rings. The molecular weight excluding hydrogens is 340 g/mol. The second-order valence-corrected chi connectivity index (χ2v) is 7.46. The summed E-state index contributed by atoms with van der Waals surface area (Å²) in [7, 11) is 0. The van der Waals surface area contributed by atoms with Crippen molar-refractivity contribution in [1.29, 1.82) is 0 Å². The molecule has 6 heteroatoms. The minimum atomic E-state index is -0.789. The summed E-state index contributed by atoms with van der Waals surface area (Å²) in [5, 5.41) is 0. The fraction of sp³-hybridized carbons (Fsp3) is 0.316. The van der Waals surface area contributed by atoms with Crippen LogP contribution in [0.3, 0.4) is 0 Å². The summed E-state index contributed by atoms with van der Waals surface area (Å²) < 4.78 is 29.6. The summed E-state index contributed by atoms with van der Waals surface area (Å²) in [5.74, 6) is -1.53. The number of rotatable bonds is 8. The second kappa shape index (κ2) is 8.36. The Morgan fingerprint density at radius 3 is 2.76 bits per heavy atom. The first kappa shape index (κ1) is 17.8. The molecule has 0 unspecified atom stereocenters. The molecule has 0 aliphatic heterocycles. The van der Waals surface area contributed by atoms with E-state index in [4.69, 9.17) is 0 Å². The van der Waals surface area contributed by atoms with E-state index in [1.54, 1.807) is 36.0 Å². The van der Waals surface area contributed by atoms with Crippen LogP contribution in [0.2, 0.25) is 0 Å². The number of aromatic nitrogens is 2. The highest BCUT2D eigenvalue weighted by Gasteiger charge is 2.13. The average molecular weight is 361 g/mol. The van der Waals surface area contributed by atoms with Gasteiger partial charge in [0.25, 0.3) is 0 Å². The predicted molar refractivity (Wildman–Crippen MR) is 96.4 cm³/mol. The maximum atomic E-state index is 14.0. The summed E-state index contributed by atoms with van der Waals surface area (Å²) in [5.41, 5.74) is 0.399. The van der Waals surface area contributed by atoms with Gasteiger partial charge in [-0.2, -0.15) is 0 Å². The van der Waals surface area contributed by atoms with Crippen LogP contribution in [0.25, 0.3) is 0 Å². The molecule has 25 heavy (non-hydrogen) atoms. The molecule has 0 N–H and O–H groups in total. The van der Waals surface area contributed by atoms with Gasteiger partial charge in [-0.1, -0.05) is 12.1 Å². The average Bonchev–Trinajstić information content (AvgIpc) is 3.23. The van der Waals surface area contributed by atoms with Gasteiger partial charge in [-0.15, -0.1) is 11.3 Å². The highest BCUT2D eigenvalue weighted by Crippen LogP contribution is 2.20. The van der Waals surface area contributed by atoms with Crippen LogP contribution in [-0.4, -0.2) is 21.0 Å². The molecule has 0 saturated heterocycles. The maximum Gasteiger partial charge on any atom is 0.163 e. The Morgan fingerprint density at radius 1 is 1.16 bits per heavy atom. The van der Waals surface area contributed by atoms with Gasteiger partial charge in [0.1, 0.15) is 0 Å². The van der Waals surface area contributed by atoms with Gasteiger partial charge in [-0.25, -0.2) is 13.8 Å². The SMILES string of the molecule is Cc1ccc(CN(CCCn2ccnc2)Cc2cccc(F)c2F)s1. The molecule has 132 valence electrons. The molecule has 0 radical (unpaired) electrons. The van der Waals surface area contributed by atoms with E-state index < -0.39 is 11.6 Å². The lowest BCUT2D eigenvalue weighted by Crippen LogP contribution is -2.25. The summed E-state index contributed by atoms with van der Waals surface area (Å²) in [4.78, 5) is 8.69. The maximum absolute atomic E-state index is 14.0. The summed E-state index contributed by atoms with van der Waals surface area (Å²) in [6.07, 6.45) is 6.39. The third-order valence-electron chi connectivity index (χ3n) is 4.05. The zero-order valence-corrected chi connectivity index (χ0v) is 15.0. The molecule has 2 aromatic heterocycles. The predicted octanol–water partition coefficient (Wildman–Crippen LogP) is 4.62. The van der Waals surface area contributed by atoms with Crippen LogP contribution in [-0.2, 0) is 19.6 Å². The highest BCUT2D eigenvalue weighted by molar-refractivity contribution is 7.11. The number of nitrogens with zero attached hydrogens (tertiary/aromatic N) is 3. The number of hydrogen-bond donors (Lipinski definition) is 0. The number of thiophene rings is 1. The van der Waals surface area contributed by atoms with Crippen molar-refractivity contribution in [3.05, 3.63) is 76.0 Å². The Morgan fingerprint density at radius 2 is 2.04 bits per heavy atom. The van der Waals surface area contributed by atoms with Crippen molar-refractivity contribution in [2.45, 2.75) is 33.0 Å².